The average Bonchev–Trinajstić information content (AvgIpc) is 3.22. The van der Waals surface area contributed by atoms with Crippen LogP contribution in [0.1, 0.15) is 38.8 Å². The predicted octanol–water partition coefficient (Wildman–Crippen LogP) is 2.74. The number of benzene rings is 1. The molecule has 138 valence electrons. The van der Waals surface area contributed by atoms with Gasteiger partial charge in [-0.05, 0) is 50.8 Å². The van der Waals surface area contributed by atoms with E-state index in [1.807, 2.05) is 37.1 Å². The summed E-state index contributed by atoms with van der Waals surface area (Å²) in [5.41, 5.74) is 0.945. The monoisotopic (exact) mass is 373 g/mol. The molecule has 4 rings (SSSR count). The zero-order chi connectivity index (χ0) is 18.3. The number of sulfonamides is 1. The first-order chi connectivity index (χ1) is 12.4. The molecule has 8 heteroatoms. The molecule has 0 unspecified atom stereocenters. The van der Waals surface area contributed by atoms with Gasteiger partial charge in [0.1, 0.15) is 0 Å². The minimum Gasteiger partial charge on any atom is -0.334 e. The summed E-state index contributed by atoms with van der Waals surface area (Å²) in [6, 6.07) is 5.84. The highest BCUT2D eigenvalue weighted by atomic mass is 32.2. The summed E-state index contributed by atoms with van der Waals surface area (Å²) >= 11 is 0. The predicted molar refractivity (Wildman–Crippen MR) is 99.3 cm³/mol. The number of rotatable bonds is 6. The van der Waals surface area contributed by atoms with Crippen molar-refractivity contribution in [3.63, 3.8) is 0 Å². The largest absolute Gasteiger partial charge is 0.334 e. The second kappa shape index (κ2) is 6.51. The van der Waals surface area contributed by atoms with Crippen LogP contribution in [-0.2, 0) is 10.0 Å². The minimum absolute atomic E-state index is 0.232. The highest BCUT2D eigenvalue weighted by molar-refractivity contribution is 7.89. The number of hydrogen-bond donors (Lipinski definition) is 1. The van der Waals surface area contributed by atoms with Crippen LogP contribution in [0.5, 0.6) is 0 Å². The van der Waals surface area contributed by atoms with E-state index >= 15 is 0 Å². The molecule has 2 heterocycles. The van der Waals surface area contributed by atoms with Gasteiger partial charge in [-0.15, -0.1) is 0 Å². The van der Waals surface area contributed by atoms with E-state index in [0.29, 0.717) is 23.4 Å². The molecule has 2 aromatic heterocycles. The molecule has 0 bridgehead atoms. The third-order valence-electron chi connectivity index (χ3n) is 5.09. The van der Waals surface area contributed by atoms with E-state index in [4.69, 9.17) is 0 Å². The Bertz CT molecular complexity index is 1000. The molecule has 1 aliphatic rings. The Kier molecular flexibility index (Phi) is 4.32. The molecule has 0 atom stereocenters. The van der Waals surface area contributed by atoms with Crippen molar-refractivity contribution in [2.24, 2.45) is 5.92 Å². The third kappa shape index (κ3) is 3.14. The Balaban J connectivity index is 1.41. The lowest BCUT2D eigenvalue weighted by Gasteiger charge is -2.36. The van der Waals surface area contributed by atoms with Crippen LogP contribution in [0, 0.1) is 5.92 Å². The minimum atomic E-state index is -3.51. The van der Waals surface area contributed by atoms with Crippen LogP contribution in [0.15, 0.2) is 48.0 Å². The van der Waals surface area contributed by atoms with Crippen LogP contribution >= 0.6 is 0 Å². The molecule has 0 amide bonds. The van der Waals surface area contributed by atoms with E-state index in [9.17, 15) is 8.42 Å². The zero-order valence-corrected chi connectivity index (χ0v) is 15.7. The van der Waals surface area contributed by atoms with E-state index in [2.05, 4.69) is 19.4 Å². The maximum atomic E-state index is 12.6. The van der Waals surface area contributed by atoms with Gasteiger partial charge in [0.05, 0.1) is 22.9 Å². The van der Waals surface area contributed by atoms with Crippen LogP contribution in [0.2, 0.25) is 0 Å². The van der Waals surface area contributed by atoms with Crippen LogP contribution < -0.4 is 4.72 Å². The van der Waals surface area contributed by atoms with Gasteiger partial charge in [0.15, 0.2) is 0 Å². The number of nitrogens with zero attached hydrogens (tertiary/aromatic N) is 4. The van der Waals surface area contributed by atoms with Gasteiger partial charge >= 0.3 is 0 Å². The molecule has 3 aromatic rings. The highest BCUT2D eigenvalue weighted by Gasteiger charge is 2.31. The lowest BCUT2D eigenvalue weighted by molar-refractivity contribution is 0.200. The summed E-state index contributed by atoms with van der Waals surface area (Å²) in [5, 5.41) is 5.18. The Labute approximate surface area is 153 Å². The number of aromatic nitrogens is 4. The van der Waals surface area contributed by atoms with Gasteiger partial charge in [-0.3, -0.25) is 4.68 Å². The second-order valence-electron chi connectivity index (χ2n) is 7.26. The van der Waals surface area contributed by atoms with Crippen molar-refractivity contribution in [3.05, 3.63) is 43.1 Å². The fourth-order valence-electron chi connectivity index (χ4n) is 3.52. The van der Waals surface area contributed by atoms with Crippen molar-refractivity contribution in [2.75, 3.05) is 6.54 Å². The number of nitrogens with one attached hydrogen (secondary N) is 1. The summed E-state index contributed by atoms with van der Waals surface area (Å²) in [6.07, 6.45) is 9.21. The number of fused-ring (bicyclic) bond motifs is 1. The normalized spacial score (nSPS) is 20.6. The molecule has 26 heavy (non-hydrogen) atoms. The molecule has 0 spiro atoms. The Morgan fingerprint density at radius 3 is 2.81 bits per heavy atom. The van der Waals surface area contributed by atoms with Crippen molar-refractivity contribution in [1.29, 1.82) is 0 Å². The van der Waals surface area contributed by atoms with E-state index < -0.39 is 10.0 Å². The first-order valence-corrected chi connectivity index (χ1v) is 10.4. The zero-order valence-electron chi connectivity index (χ0n) is 14.9. The molecule has 7 nitrogen and oxygen atoms in total. The SMILES string of the molecule is CC(C)n1ncc2cc(S(=O)(=O)NCC3CC(n4ccnc4)C3)ccc21. The van der Waals surface area contributed by atoms with Gasteiger partial charge < -0.3 is 4.57 Å². The van der Waals surface area contributed by atoms with E-state index in [0.717, 1.165) is 23.7 Å². The molecule has 1 fully saturated rings. The molecule has 1 saturated carbocycles. The summed E-state index contributed by atoms with van der Waals surface area (Å²) < 4.78 is 32.0. The van der Waals surface area contributed by atoms with Crippen LogP contribution in [0.3, 0.4) is 0 Å². The van der Waals surface area contributed by atoms with Gasteiger partial charge in [-0.25, -0.2) is 18.1 Å². The molecular formula is C18H23N5O2S. The van der Waals surface area contributed by atoms with Crippen molar-refractivity contribution < 1.29 is 8.42 Å². The maximum Gasteiger partial charge on any atom is 0.240 e. The lowest BCUT2D eigenvalue weighted by Crippen LogP contribution is -2.36. The Hall–Kier alpha value is -2.19. The fraction of sp³-hybridized carbons (Fsp3) is 0.444. The van der Waals surface area contributed by atoms with Crippen LogP contribution in [0.25, 0.3) is 10.9 Å². The van der Waals surface area contributed by atoms with Crippen molar-refractivity contribution >= 4 is 20.9 Å². The van der Waals surface area contributed by atoms with Gasteiger partial charge in [-0.2, -0.15) is 5.10 Å². The maximum absolute atomic E-state index is 12.6. The lowest BCUT2D eigenvalue weighted by atomic mass is 9.80. The smallest absolute Gasteiger partial charge is 0.240 e. The molecule has 0 aliphatic heterocycles. The van der Waals surface area contributed by atoms with Crippen molar-refractivity contribution in [3.8, 4) is 0 Å². The van der Waals surface area contributed by atoms with Gasteiger partial charge in [0.2, 0.25) is 10.0 Å². The van der Waals surface area contributed by atoms with E-state index in [-0.39, 0.29) is 6.04 Å². The molecule has 1 aromatic carbocycles. The fourth-order valence-corrected chi connectivity index (χ4v) is 4.67. The second-order valence-corrected chi connectivity index (χ2v) is 9.02. The molecular weight excluding hydrogens is 350 g/mol. The quantitative estimate of drug-likeness (QED) is 0.720. The Morgan fingerprint density at radius 1 is 1.31 bits per heavy atom. The highest BCUT2D eigenvalue weighted by Crippen LogP contribution is 2.37. The Morgan fingerprint density at radius 2 is 2.12 bits per heavy atom. The van der Waals surface area contributed by atoms with Crippen molar-refractivity contribution in [2.45, 2.75) is 43.7 Å². The number of imidazole rings is 1. The topological polar surface area (TPSA) is 81.8 Å². The van der Waals surface area contributed by atoms with Gasteiger partial charge in [0.25, 0.3) is 0 Å². The number of hydrogen-bond acceptors (Lipinski definition) is 4. The molecule has 0 saturated heterocycles. The van der Waals surface area contributed by atoms with Gasteiger partial charge in [-0.1, -0.05) is 0 Å². The summed E-state index contributed by atoms with van der Waals surface area (Å²) in [6.45, 7) is 4.57. The first kappa shape index (κ1) is 17.2. The molecule has 1 aliphatic carbocycles. The van der Waals surface area contributed by atoms with Crippen LogP contribution in [0.4, 0.5) is 0 Å². The summed E-state index contributed by atoms with van der Waals surface area (Å²) in [7, 11) is -3.51. The van der Waals surface area contributed by atoms with Gasteiger partial charge in [0, 0.05) is 36.4 Å². The first-order valence-electron chi connectivity index (χ1n) is 8.88. The standard InChI is InChI=1S/C18H23N5O2S/c1-13(2)23-18-4-3-17(9-15(18)11-20-23)26(24,25)21-10-14-7-16(8-14)22-6-5-19-12-22/h3-6,9,11-14,16,21H,7-8,10H2,1-2H3. The summed E-state index contributed by atoms with van der Waals surface area (Å²) in [4.78, 5) is 4.35. The van der Waals surface area contributed by atoms with E-state index in [1.54, 1.807) is 24.5 Å². The average molecular weight is 373 g/mol. The van der Waals surface area contributed by atoms with Crippen molar-refractivity contribution in [1.82, 2.24) is 24.1 Å². The molecule has 0 radical (unpaired) electrons. The third-order valence-corrected chi connectivity index (χ3v) is 6.51. The van der Waals surface area contributed by atoms with E-state index in [1.165, 1.54) is 0 Å². The molecule has 1 N–H and O–H groups in total. The van der Waals surface area contributed by atoms with Crippen LogP contribution in [-0.4, -0.2) is 34.3 Å². The summed E-state index contributed by atoms with van der Waals surface area (Å²) in [5.74, 6) is 0.365.